The fourth-order valence-corrected chi connectivity index (χ4v) is 5.83. The van der Waals surface area contributed by atoms with Gasteiger partial charge in [0.1, 0.15) is 11.5 Å². The van der Waals surface area contributed by atoms with Crippen LogP contribution in [0.2, 0.25) is 0 Å². The lowest BCUT2D eigenvalue weighted by Crippen LogP contribution is -2.27. The van der Waals surface area contributed by atoms with Crippen molar-refractivity contribution < 1.29 is 19.2 Å². The number of nitrogens with zero attached hydrogens (tertiary/aromatic N) is 2. The second-order valence-electron chi connectivity index (χ2n) is 12.1. The maximum Gasteiger partial charge on any atom is 0.303 e. The summed E-state index contributed by atoms with van der Waals surface area (Å²) < 4.78 is 6.01. The number of carbonyl (C=O) groups excluding carboxylic acids is 1. The van der Waals surface area contributed by atoms with Gasteiger partial charge in [-0.25, -0.2) is 0 Å². The van der Waals surface area contributed by atoms with Crippen LogP contribution in [-0.4, -0.2) is 27.0 Å². The molecule has 196 valence electrons. The van der Waals surface area contributed by atoms with Gasteiger partial charge in [0.2, 0.25) is 0 Å². The van der Waals surface area contributed by atoms with Gasteiger partial charge in [0.25, 0.3) is 0 Å². The molecule has 2 aromatic heterocycles. The third-order valence-electron chi connectivity index (χ3n) is 8.46. The molecule has 0 saturated heterocycles. The fourth-order valence-electron chi connectivity index (χ4n) is 5.83. The highest BCUT2D eigenvalue weighted by Crippen LogP contribution is 2.53. The van der Waals surface area contributed by atoms with Gasteiger partial charge in [0, 0.05) is 48.0 Å². The molecule has 0 amide bonds. The van der Waals surface area contributed by atoms with E-state index in [0.717, 1.165) is 60.0 Å². The van der Waals surface area contributed by atoms with Crippen LogP contribution >= 0.6 is 0 Å². The van der Waals surface area contributed by atoms with Crippen LogP contribution in [0.3, 0.4) is 0 Å². The zero-order valence-electron chi connectivity index (χ0n) is 22.6. The summed E-state index contributed by atoms with van der Waals surface area (Å²) in [4.78, 5) is 29.1. The van der Waals surface area contributed by atoms with Crippen molar-refractivity contribution in [3.8, 4) is 0 Å². The summed E-state index contributed by atoms with van der Waals surface area (Å²) >= 11 is 0. The van der Waals surface area contributed by atoms with E-state index in [1.54, 1.807) is 0 Å². The van der Waals surface area contributed by atoms with Gasteiger partial charge in [-0.3, -0.25) is 14.6 Å². The smallest absolute Gasteiger partial charge is 0.303 e. The molecule has 36 heavy (non-hydrogen) atoms. The highest BCUT2D eigenvalue weighted by molar-refractivity contribution is 5.82. The SMILES string of the molecule is CCC(C)(C)CC1CC(c2onc([C@@H](CCC(=O)O)CC(=O)Cc3ccc(C)nc3C)c2C2CC2)C1. The Bertz CT molecular complexity index is 1090. The number of aromatic nitrogens is 2. The molecular weight excluding hydrogens is 452 g/mol. The molecule has 2 fully saturated rings. The molecular formula is C30H42N2O4. The number of aryl methyl sites for hydroxylation is 2. The van der Waals surface area contributed by atoms with E-state index in [1.807, 2.05) is 26.0 Å². The van der Waals surface area contributed by atoms with Crippen molar-refractivity contribution in [1.29, 1.82) is 0 Å². The predicted molar refractivity (Wildman–Crippen MR) is 139 cm³/mol. The van der Waals surface area contributed by atoms with Crippen LogP contribution in [0.15, 0.2) is 16.7 Å². The van der Waals surface area contributed by atoms with Crippen molar-refractivity contribution in [2.24, 2.45) is 11.3 Å². The van der Waals surface area contributed by atoms with Crippen LogP contribution in [0.1, 0.15) is 130 Å². The van der Waals surface area contributed by atoms with E-state index in [9.17, 15) is 14.7 Å². The number of hydrogen-bond donors (Lipinski definition) is 1. The minimum atomic E-state index is -0.844. The first kappa shape index (κ1) is 26.6. The van der Waals surface area contributed by atoms with Gasteiger partial charge in [-0.05, 0) is 81.3 Å². The molecule has 6 nitrogen and oxygen atoms in total. The molecule has 0 spiro atoms. The Morgan fingerprint density at radius 3 is 2.50 bits per heavy atom. The molecule has 0 aliphatic heterocycles. The number of pyridine rings is 1. The first-order chi connectivity index (χ1) is 17.1. The topological polar surface area (TPSA) is 93.3 Å². The second-order valence-corrected chi connectivity index (χ2v) is 12.1. The summed E-state index contributed by atoms with van der Waals surface area (Å²) in [6.07, 6.45) is 7.94. The highest BCUT2D eigenvalue weighted by Gasteiger charge is 2.42. The van der Waals surface area contributed by atoms with E-state index in [2.05, 4.69) is 30.9 Å². The maximum absolute atomic E-state index is 13.2. The number of ketones is 1. The van der Waals surface area contributed by atoms with Crippen LogP contribution in [0.4, 0.5) is 0 Å². The van der Waals surface area contributed by atoms with Crippen LogP contribution in [0.25, 0.3) is 0 Å². The summed E-state index contributed by atoms with van der Waals surface area (Å²) in [6, 6.07) is 3.90. The lowest BCUT2D eigenvalue weighted by atomic mass is 9.66. The Kier molecular flexibility index (Phi) is 8.01. The Morgan fingerprint density at radius 1 is 1.17 bits per heavy atom. The molecule has 0 unspecified atom stereocenters. The van der Waals surface area contributed by atoms with Gasteiger partial charge in [-0.1, -0.05) is 38.4 Å². The minimum Gasteiger partial charge on any atom is -0.481 e. The summed E-state index contributed by atoms with van der Waals surface area (Å²) in [5, 5.41) is 13.9. The lowest BCUT2D eigenvalue weighted by Gasteiger charge is -2.39. The predicted octanol–water partition coefficient (Wildman–Crippen LogP) is 7.03. The molecule has 2 aliphatic rings. The van der Waals surface area contributed by atoms with E-state index in [4.69, 9.17) is 4.52 Å². The number of Topliss-reactive ketones (excluding diaryl/α,β-unsaturated/α-hetero) is 1. The van der Waals surface area contributed by atoms with E-state index >= 15 is 0 Å². The molecule has 1 N–H and O–H groups in total. The monoisotopic (exact) mass is 494 g/mol. The van der Waals surface area contributed by atoms with Crippen molar-refractivity contribution in [2.75, 3.05) is 0 Å². The van der Waals surface area contributed by atoms with Gasteiger partial charge in [-0.15, -0.1) is 0 Å². The standard InChI is InChI=1S/C30H42N2O4/c1-6-30(4,5)17-20-13-24(14-20)29-27(21-9-10-21)28(32-36-29)23(11-12-26(34)35)16-25(33)15-22-8-7-18(2)31-19(22)3/h7-8,20-21,23-24H,6,9-17H2,1-5H3,(H,34,35)/t20?,23-,24?/m0/s1. The summed E-state index contributed by atoms with van der Waals surface area (Å²) in [5.41, 5.74) is 5.15. The molecule has 6 heteroatoms. The van der Waals surface area contributed by atoms with Crippen LogP contribution in [0.5, 0.6) is 0 Å². The van der Waals surface area contributed by atoms with Gasteiger partial charge in [0.15, 0.2) is 0 Å². The van der Waals surface area contributed by atoms with Crippen molar-refractivity contribution in [2.45, 2.75) is 117 Å². The van der Waals surface area contributed by atoms with Gasteiger partial charge < -0.3 is 9.63 Å². The quantitative estimate of drug-likeness (QED) is 0.321. The van der Waals surface area contributed by atoms with E-state index in [-0.39, 0.29) is 24.5 Å². The van der Waals surface area contributed by atoms with E-state index in [1.165, 1.54) is 18.4 Å². The number of aliphatic carboxylic acids is 1. The molecule has 2 aliphatic carbocycles. The highest BCUT2D eigenvalue weighted by atomic mass is 16.5. The number of rotatable bonds is 13. The lowest BCUT2D eigenvalue weighted by molar-refractivity contribution is -0.137. The molecule has 0 radical (unpaired) electrons. The summed E-state index contributed by atoms with van der Waals surface area (Å²) in [5.74, 6) is 1.61. The van der Waals surface area contributed by atoms with Crippen molar-refractivity contribution in [3.05, 3.63) is 46.1 Å². The molecule has 0 aromatic carbocycles. The molecule has 2 aromatic rings. The third kappa shape index (κ3) is 6.43. The maximum atomic E-state index is 13.2. The van der Waals surface area contributed by atoms with Crippen LogP contribution < -0.4 is 0 Å². The third-order valence-corrected chi connectivity index (χ3v) is 8.46. The summed E-state index contributed by atoms with van der Waals surface area (Å²) in [7, 11) is 0. The Labute approximate surface area is 215 Å². The first-order valence-corrected chi connectivity index (χ1v) is 13.7. The van der Waals surface area contributed by atoms with Crippen LogP contribution in [-0.2, 0) is 16.0 Å². The molecule has 0 bridgehead atoms. The van der Waals surface area contributed by atoms with Crippen molar-refractivity contribution in [3.63, 3.8) is 0 Å². The second kappa shape index (κ2) is 10.9. The van der Waals surface area contributed by atoms with E-state index in [0.29, 0.717) is 30.1 Å². The number of carbonyl (C=O) groups is 2. The molecule has 2 heterocycles. The average Bonchev–Trinajstić information content (AvgIpc) is 3.54. The largest absolute Gasteiger partial charge is 0.481 e. The molecule has 2 saturated carbocycles. The van der Waals surface area contributed by atoms with Crippen molar-refractivity contribution in [1.82, 2.24) is 10.1 Å². The van der Waals surface area contributed by atoms with Crippen molar-refractivity contribution >= 4 is 11.8 Å². The molecule has 4 rings (SSSR count). The van der Waals surface area contributed by atoms with Crippen LogP contribution in [0, 0.1) is 25.2 Å². The average molecular weight is 495 g/mol. The fraction of sp³-hybridized carbons (Fsp3) is 0.667. The zero-order valence-corrected chi connectivity index (χ0v) is 22.6. The summed E-state index contributed by atoms with van der Waals surface area (Å²) in [6.45, 7) is 10.8. The minimum absolute atomic E-state index is 0.0208. The Morgan fingerprint density at radius 2 is 1.89 bits per heavy atom. The first-order valence-electron chi connectivity index (χ1n) is 13.7. The molecule has 1 atom stereocenters. The normalized spacial score (nSPS) is 20.7. The Hall–Kier alpha value is -2.50. The van der Waals surface area contributed by atoms with Gasteiger partial charge in [0.05, 0.1) is 5.69 Å². The zero-order chi connectivity index (χ0) is 26.0. The van der Waals surface area contributed by atoms with E-state index < -0.39 is 5.97 Å². The number of carboxylic acid groups (broad SMARTS) is 1. The number of hydrogen-bond acceptors (Lipinski definition) is 5. The van der Waals surface area contributed by atoms with Gasteiger partial charge in [-0.2, -0.15) is 0 Å². The van der Waals surface area contributed by atoms with Gasteiger partial charge >= 0.3 is 5.97 Å². The number of carboxylic acids is 1. The Balaban J connectivity index is 1.50.